The highest BCUT2D eigenvalue weighted by Crippen LogP contribution is 2.09. The Morgan fingerprint density at radius 3 is 2.38 bits per heavy atom. The summed E-state index contributed by atoms with van der Waals surface area (Å²) in [6, 6.07) is 0. The summed E-state index contributed by atoms with van der Waals surface area (Å²) in [5.74, 6) is 0. The van der Waals surface area contributed by atoms with E-state index in [0.29, 0.717) is 26.4 Å². The van der Waals surface area contributed by atoms with E-state index in [9.17, 15) is 0 Å². The first-order valence-corrected chi connectivity index (χ1v) is 8.43. The van der Waals surface area contributed by atoms with Crippen LogP contribution in [0.15, 0.2) is 0 Å². The fourth-order valence-electron chi connectivity index (χ4n) is 1.99. The Balaban J connectivity index is 3.55. The maximum absolute atomic E-state index is 8.85. The summed E-state index contributed by atoms with van der Waals surface area (Å²) < 4.78 is 16.6. The summed E-state index contributed by atoms with van der Waals surface area (Å²) in [5, 5.41) is 8.85. The highest BCUT2D eigenvalue weighted by molar-refractivity contribution is 4.58. The first-order chi connectivity index (χ1) is 10.3. The van der Waals surface area contributed by atoms with Gasteiger partial charge < -0.3 is 25.1 Å². The van der Waals surface area contributed by atoms with E-state index in [4.69, 9.17) is 25.1 Å². The fraction of sp³-hybridized carbons (Fsp3) is 1.00. The lowest BCUT2D eigenvalue weighted by Gasteiger charge is -2.17. The van der Waals surface area contributed by atoms with Crippen molar-refractivity contribution >= 4 is 0 Å². The predicted octanol–water partition coefficient (Wildman–Crippen LogP) is 2.11. The van der Waals surface area contributed by atoms with Gasteiger partial charge in [-0.25, -0.2) is 0 Å². The van der Waals surface area contributed by atoms with Gasteiger partial charge in [0, 0.05) is 6.61 Å². The molecule has 21 heavy (non-hydrogen) atoms. The van der Waals surface area contributed by atoms with Crippen LogP contribution in [-0.2, 0) is 14.2 Å². The second kappa shape index (κ2) is 17.9. The second-order valence-corrected chi connectivity index (χ2v) is 5.25. The maximum Gasteiger partial charge on any atom is 0.0809 e. The molecule has 3 N–H and O–H groups in total. The highest BCUT2D eigenvalue weighted by atomic mass is 16.5. The minimum atomic E-state index is 0.0593. The summed E-state index contributed by atoms with van der Waals surface area (Å²) in [6.07, 6.45) is 7.87. The summed E-state index contributed by atoms with van der Waals surface area (Å²) in [4.78, 5) is 0. The number of aliphatic hydroxyl groups is 1. The van der Waals surface area contributed by atoms with E-state index in [1.54, 1.807) is 0 Å². The Morgan fingerprint density at radius 2 is 1.67 bits per heavy atom. The van der Waals surface area contributed by atoms with Crippen LogP contribution < -0.4 is 5.73 Å². The SMILES string of the molecule is CCCCOCCOCC(CCCCCC[15NH2])OCCO. The minimum Gasteiger partial charge on any atom is -0.394 e. The predicted molar refractivity (Wildman–Crippen MR) is 85.5 cm³/mol. The van der Waals surface area contributed by atoms with Crippen LogP contribution in [0.4, 0.5) is 0 Å². The van der Waals surface area contributed by atoms with Crippen LogP contribution in [0, 0.1) is 0 Å². The van der Waals surface area contributed by atoms with Crippen LogP contribution in [0.1, 0.15) is 51.9 Å². The third-order valence-corrected chi connectivity index (χ3v) is 3.24. The van der Waals surface area contributed by atoms with Crippen molar-refractivity contribution in [2.45, 2.75) is 58.0 Å². The average Bonchev–Trinajstić information content (AvgIpc) is 2.50. The molecule has 5 nitrogen and oxygen atoms in total. The largest absolute Gasteiger partial charge is 0.394 e. The van der Waals surface area contributed by atoms with Crippen LogP contribution in [0.3, 0.4) is 0 Å². The van der Waals surface area contributed by atoms with Crippen LogP contribution in [0.25, 0.3) is 0 Å². The number of hydrogen-bond acceptors (Lipinski definition) is 5. The molecule has 5 heteroatoms. The molecule has 0 aliphatic carbocycles. The topological polar surface area (TPSA) is 73.9 Å². The minimum absolute atomic E-state index is 0.0593. The van der Waals surface area contributed by atoms with E-state index in [-0.39, 0.29) is 12.7 Å². The zero-order valence-electron chi connectivity index (χ0n) is 13.7. The zero-order chi connectivity index (χ0) is 15.6. The molecule has 0 aromatic carbocycles. The Morgan fingerprint density at radius 1 is 0.905 bits per heavy atom. The molecule has 0 saturated carbocycles. The Labute approximate surface area is 130 Å². The van der Waals surface area contributed by atoms with Crippen molar-refractivity contribution in [1.29, 1.82) is 0 Å². The van der Waals surface area contributed by atoms with Crippen molar-refractivity contribution in [3.8, 4) is 0 Å². The summed E-state index contributed by atoms with van der Waals surface area (Å²) in [7, 11) is 0. The van der Waals surface area contributed by atoms with Gasteiger partial charge in [0.2, 0.25) is 0 Å². The van der Waals surface area contributed by atoms with E-state index in [0.717, 1.165) is 45.3 Å². The Hall–Kier alpha value is -0.200. The molecular weight excluding hydrogens is 271 g/mol. The van der Waals surface area contributed by atoms with Crippen LogP contribution in [0.2, 0.25) is 0 Å². The van der Waals surface area contributed by atoms with Gasteiger partial charge in [0.1, 0.15) is 0 Å². The molecule has 0 amide bonds. The van der Waals surface area contributed by atoms with E-state index >= 15 is 0 Å². The van der Waals surface area contributed by atoms with E-state index in [1.807, 2.05) is 0 Å². The molecule has 0 rings (SSSR count). The number of hydrogen-bond donors (Lipinski definition) is 2. The third kappa shape index (κ3) is 16.0. The van der Waals surface area contributed by atoms with Gasteiger partial charge in [0.15, 0.2) is 0 Å². The molecule has 0 heterocycles. The fourth-order valence-corrected chi connectivity index (χ4v) is 1.99. The van der Waals surface area contributed by atoms with Gasteiger partial charge in [0.05, 0.1) is 39.1 Å². The van der Waals surface area contributed by atoms with Crippen molar-refractivity contribution < 1.29 is 19.3 Å². The van der Waals surface area contributed by atoms with Crippen molar-refractivity contribution in [2.24, 2.45) is 5.73 Å². The first-order valence-electron chi connectivity index (χ1n) is 8.43. The summed E-state index contributed by atoms with van der Waals surface area (Å²) >= 11 is 0. The molecule has 0 fully saturated rings. The second-order valence-electron chi connectivity index (χ2n) is 5.25. The average molecular weight is 306 g/mol. The summed E-state index contributed by atoms with van der Waals surface area (Å²) in [6.45, 7) is 5.99. The molecule has 0 bridgehead atoms. The number of ether oxygens (including phenoxy) is 3. The monoisotopic (exact) mass is 306 g/mol. The molecule has 0 saturated heterocycles. The van der Waals surface area contributed by atoms with Crippen LogP contribution in [-0.4, -0.2) is 57.4 Å². The van der Waals surface area contributed by atoms with Gasteiger partial charge in [-0.3, -0.25) is 0 Å². The van der Waals surface area contributed by atoms with Crippen molar-refractivity contribution in [3.05, 3.63) is 0 Å². The number of nitrogens with two attached hydrogens (primary N) is 1. The molecule has 0 aromatic heterocycles. The molecule has 1 unspecified atom stereocenters. The molecule has 0 aromatic rings. The molecule has 128 valence electrons. The van der Waals surface area contributed by atoms with E-state index < -0.39 is 0 Å². The quantitative estimate of drug-likeness (QED) is 0.318. The normalized spacial score (nSPS) is 12.7. The van der Waals surface area contributed by atoms with E-state index in [2.05, 4.69) is 6.92 Å². The lowest BCUT2D eigenvalue weighted by Crippen LogP contribution is -2.23. The van der Waals surface area contributed by atoms with Crippen molar-refractivity contribution in [1.82, 2.24) is 0 Å². The molecular formula is C16H35NO4. The van der Waals surface area contributed by atoms with Crippen LogP contribution in [0.5, 0.6) is 0 Å². The lowest BCUT2D eigenvalue weighted by molar-refractivity contribution is -0.0433. The number of aliphatic hydroxyl groups excluding tert-OH is 1. The Kier molecular flexibility index (Phi) is 17.7. The number of rotatable bonds is 17. The van der Waals surface area contributed by atoms with Gasteiger partial charge in [-0.2, -0.15) is 0 Å². The van der Waals surface area contributed by atoms with Gasteiger partial charge in [-0.05, 0) is 25.8 Å². The lowest BCUT2D eigenvalue weighted by atomic mass is 10.1. The standard InChI is InChI=1S/C16H35NO4/c1-2-3-11-19-13-14-20-15-16(21-12-10-18)8-6-4-5-7-9-17/h16,18H,2-15,17H2,1H3/i17+1. The zero-order valence-corrected chi connectivity index (χ0v) is 13.7. The first kappa shape index (κ1) is 20.8. The molecule has 0 spiro atoms. The van der Waals surface area contributed by atoms with Gasteiger partial charge in [-0.1, -0.05) is 32.6 Å². The summed E-state index contributed by atoms with van der Waals surface area (Å²) in [5.41, 5.74) is 5.48. The molecule has 0 aliphatic heterocycles. The number of unbranched alkanes of at least 4 members (excludes halogenated alkanes) is 4. The smallest absolute Gasteiger partial charge is 0.0809 e. The molecule has 0 radical (unpaired) electrons. The molecule has 0 aliphatic rings. The van der Waals surface area contributed by atoms with Gasteiger partial charge in [-0.15, -0.1) is 0 Å². The van der Waals surface area contributed by atoms with Gasteiger partial charge in [0.25, 0.3) is 0 Å². The van der Waals surface area contributed by atoms with Gasteiger partial charge >= 0.3 is 0 Å². The molecule has 1 atom stereocenters. The van der Waals surface area contributed by atoms with Crippen molar-refractivity contribution in [2.75, 3.05) is 46.2 Å². The van der Waals surface area contributed by atoms with E-state index in [1.165, 1.54) is 12.8 Å². The maximum atomic E-state index is 8.85. The third-order valence-electron chi connectivity index (χ3n) is 3.24. The van der Waals surface area contributed by atoms with Crippen molar-refractivity contribution in [3.63, 3.8) is 0 Å². The highest BCUT2D eigenvalue weighted by Gasteiger charge is 2.09. The Bertz CT molecular complexity index is 193. The van der Waals surface area contributed by atoms with Crippen LogP contribution >= 0.6 is 0 Å².